The summed E-state index contributed by atoms with van der Waals surface area (Å²) in [6, 6.07) is 9.43. The maximum Gasteiger partial charge on any atom is 0.343 e. The number of esters is 2. The lowest BCUT2D eigenvalue weighted by atomic mass is 10.1. The summed E-state index contributed by atoms with van der Waals surface area (Å²) < 4.78 is 14.6. The topological polar surface area (TPSA) is 105 Å². The van der Waals surface area contributed by atoms with Crippen LogP contribution in [0.25, 0.3) is 0 Å². The fraction of sp³-hybridized carbons (Fsp3) is 0.125. The van der Waals surface area contributed by atoms with E-state index in [9.17, 15) is 19.7 Å². The number of hydrogen-bond donors (Lipinski definition) is 0. The van der Waals surface area contributed by atoms with Crippen molar-refractivity contribution in [3.05, 3.63) is 63.7 Å². The van der Waals surface area contributed by atoms with Crippen LogP contribution in [-0.2, 0) is 4.74 Å². The third-order valence-electron chi connectivity index (χ3n) is 3.06. The molecule has 8 heteroatoms. The molecule has 24 heavy (non-hydrogen) atoms. The molecule has 0 bridgehead atoms. The number of nitrogens with zero attached hydrogens (tertiary/aromatic N) is 1. The SMILES string of the molecule is COC(=O)c1cc(C(=O)Oc2ccc(OC)cc2)cc([N+](=O)[O-])c1. The summed E-state index contributed by atoms with van der Waals surface area (Å²) in [6.07, 6.45) is 0. The summed E-state index contributed by atoms with van der Waals surface area (Å²) in [5.41, 5.74) is -0.673. The van der Waals surface area contributed by atoms with Crippen molar-refractivity contribution in [2.75, 3.05) is 14.2 Å². The Bertz CT molecular complexity index is 784. The van der Waals surface area contributed by atoms with Crippen molar-refractivity contribution >= 4 is 17.6 Å². The number of methoxy groups -OCH3 is 2. The zero-order valence-corrected chi connectivity index (χ0v) is 12.8. The molecule has 124 valence electrons. The van der Waals surface area contributed by atoms with Crippen molar-refractivity contribution < 1.29 is 28.7 Å². The Balaban J connectivity index is 2.31. The third kappa shape index (κ3) is 3.86. The minimum Gasteiger partial charge on any atom is -0.497 e. The lowest BCUT2D eigenvalue weighted by Crippen LogP contribution is -2.11. The van der Waals surface area contributed by atoms with E-state index in [4.69, 9.17) is 9.47 Å². The fourth-order valence-corrected chi connectivity index (χ4v) is 1.88. The van der Waals surface area contributed by atoms with Crippen molar-refractivity contribution in [3.63, 3.8) is 0 Å². The average molecular weight is 331 g/mol. The first kappa shape index (κ1) is 16.9. The first-order valence-electron chi connectivity index (χ1n) is 6.68. The van der Waals surface area contributed by atoms with Crippen molar-refractivity contribution in [2.24, 2.45) is 0 Å². The van der Waals surface area contributed by atoms with Crippen LogP contribution in [0.4, 0.5) is 5.69 Å². The van der Waals surface area contributed by atoms with Crippen LogP contribution in [0.1, 0.15) is 20.7 Å². The van der Waals surface area contributed by atoms with Crippen molar-refractivity contribution in [1.29, 1.82) is 0 Å². The zero-order chi connectivity index (χ0) is 17.7. The molecule has 8 nitrogen and oxygen atoms in total. The van der Waals surface area contributed by atoms with Crippen LogP contribution >= 0.6 is 0 Å². The van der Waals surface area contributed by atoms with Gasteiger partial charge >= 0.3 is 11.9 Å². The Kier molecular flexibility index (Phi) is 5.10. The van der Waals surface area contributed by atoms with Gasteiger partial charge in [-0.25, -0.2) is 9.59 Å². The molecule has 0 heterocycles. The largest absolute Gasteiger partial charge is 0.497 e. The molecular formula is C16H13NO7. The summed E-state index contributed by atoms with van der Waals surface area (Å²) in [7, 11) is 2.63. The van der Waals surface area contributed by atoms with E-state index in [1.54, 1.807) is 12.1 Å². The smallest absolute Gasteiger partial charge is 0.343 e. The predicted octanol–water partition coefficient (Wildman–Crippen LogP) is 2.61. The Hall–Kier alpha value is -3.42. The summed E-state index contributed by atoms with van der Waals surface area (Å²) in [5.74, 6) is -0.823. The number of nitro benzene ring substituents is 1. The highest BCUT2D eigenvalue weighted by molar-refractivity contribution is 5.97. The van der Waals surface area contributed by atoms with Gasteiger partial charge in [-0.05, 0) is 30.3 Å². The van der Waals surface area contributed by atoms with Gasteiger partial charge in [0.05, 0.1) is 30.3 Å². The van der Waals surface area contributed by atoms with E-state index in [0.717, 1.165) is 19.2 Å². The molecule has 0 saturated carbocycles. The molecule has 0 amide bonds. The number of carbonyl (C=O) groups excluding carboxylic acids is 2. The molecule has 0 spiro atoms. The molecule has 0 unspecified atom stereocenters. The van der Waals surface area contributed by atoms with Gasteiger partial charge in [-0.15, -0.1) is 0 Å². The van der Waals surface area contributed by atoms with Crippen LogP contribution in [0, 0.1) is 10.1 Å². The molecule has 0 aromatic heterocycles. The van der Waals surface area contributed by atoms with Crippen LogP contribution in [0.15, 0.2) is 42.5 Å². The zero-order valence-electron chi connectivity index (χ0n) is 12.8. The fourth-order valence-electron chi connectivity index (χ4n) is 1.88. The average Bonchev–Trinajstić information content (AvgIpc) is 2.61. The molecule has 2 rings (SSSR count). The first-order valence-corrected chi connectivity index (χ1v) is 6.68. The highest BCUT2D eigenvalue weighted by Crippen LogP contribution is 2.21. The lowest BCUT2D eigenvalue weighted by molar-refractivity contribution is -0.384. The van der Waals surface area contributed by atoms with Gasteiger partial charge in [0.15, 0.2) is 0 Å². The minimum absolute atomic E-state index is 0.117. The maximum atomic E-state index is 12.2. The first-order chi connectivity index (χ1) is 11.4. The second-order valence-electron chi connectivity index (χ2n) is 4.58. The highest BCUT2D eigenvalue weighted by Gasteiger charge is 2.19. The van der Waals surface area contributed by atoms with E-state index < -0.39 is 22.5 Å². The predicted molar refractivity (Wildman–Crippen MR) is 82.4 cm³/mol. The van der Waals surface area contributed by atoms with Gasteiger partial charge in [0.1, 0.15) is 11.5 Å². The number of non-ortho nitro benzene ring substituents is 1. The molecule has 2 aromatic carbocycles. The standard InChI is InChI=1S/C16H13NO7/c1-22-13-3-5-14(6-4-13)24-16(19)11-7-10(15(18)23-2)8-12(9-11)17(20)21/h3-9H,1-2H3. The number of ether oxygens (including phenoxy) is 3. The van der Waals surface area contributed by atoms with Crippen molar-refractivity contribution in [3.8, 4) is 11.5 Å². The molecule has 0 aliphatic heterocycles. The van der Waals surface area contributed by atoms with Crippen LogP contribution in [0.5, 0.6) is 11.5 Å². The highest BCUT2D eigenvalue weighted by atomic mass is 16.6. The van der Waals surface area contributed by atoms with E-state index >= 15 is 0 Å². The Morgan fingerprint density at radius 1 is 0.917 bits per heavy atom. The van der Waals surface area contributed by atoms with Gasteiger partial charge in [-0.3, -0.25) is 10.1 Å². The summed E-state index contributed by atoms with van der Waals surface area (Å²) in [5, 5.41) is 11.0. The second kappa shape index (κ2) is 7.23. The Morgan fingerprint density at radius 3 is 1.96 bits per heavy atom. The van der Waals surface area contributed by atoms with Crippen molar-refractivity contribution in [2.45, 2.75) is 0 Å². The molecule has 0 aliphatic carbocycles. The summed E-state index contributed by atoms with van der Waals surface area (Å²) >= 11 is 0. The van der Waals surface area contributed by atoms with Gasteiger partial charge in [-0.1, -0.05) is 0 Å². The minimum atomic E-state index is -0.839. The molecule has 0 N–H and O–H groups in total. The molecule has 0 atom stereocenters. The van der Waals surface area contributed by atoms with Crippen LogP contribution in [-0.4, -0.2) is 31.1 Å². The van der Waals surface area contributed by atoms with Crippen LogP contribution < -0.4 is 9.47 Å². The summed E-state index contributed by atoms with van der Waals surface area (Å²) in [4.78, 5) is 34.0. The van der Waals surface area contributed by atoms with Gasteiger partial charge in [0.2, 0.25) is 0 Å². The number of benzene rings is 2. The normalized spacial score (nSPS) is 9.92. The van der Waals surface area contributed by atoms with Crippen molar-refractivity contribution in [1.82, 2.24) is 0 Å². The molecule has 0 saturated heterocycles. The van der Waals surface area contributed by atoms with Gasteiger partial charge in [-0.2, -0.15) is 0 Å². The molecular weight excluding hydrogens is 318 g/mol. The number of nitro groups is 1. The lowest BCUT2D eigenvalue weighted by Gasteiger charge is -2.07. The Morgan fingerprint density at radius 2 is 1.46 bits per heavy atom. The van der Waals surface area contributed by atoms with E-state index in [1.807, 2.05) is 0 Å². The number of carbonyl (C=O) groups is 2. The van der Waals surface area contributed by atoms with Crippen LogP contribution in [0.3, 0.4) is 0 Å². The van der Waals surface area contributed by atoms with Gasteiger partial charge in [0, 0.05) is 12.1 Å². The molecule has 2 aromatic rings. The van der Waals surface area contributed by atoms with Gasteiger partial charge < -0.3 is 14.2 Å². The molecule has 0 fully saturated rings. The van der Waals surface area contributed by atoms with E-state index in [1.165, 1.54) is 25.3 Å². The monoisotopic (exact) mass is 331 g/mol. The second-order valence-corrected chi connectivity index (χ2v) is 4.58. The maximum absolute atomic E-state index is 12.2. The summed E-state index contributed by atoms with van der Waals surface area (Å²) in [6.45, 7) is 0. The van der Waals surface area contributed by atoms with E-state index in [0.29, 0.717) is 5.75 Å². The van der Waals surface area contributed by atoms with E-state index in [-0.39, 0.29) is 16.9 Å². The third-order valence-corrected chi connectivity index (χ3v) is 3.06. The number of rotatable bonds is 5. The number of hydrogen-bond acceptors (Lipinski definition) is 7. The van der Waals surface area contributed by atoms with Gasteiger partial charge in [0.25, 0.3) is 5.69 Å². The Labute approximate surface area is 136 Å². The molecule has 0 radical (unpaired) electrons. The van der Waals surface area contributed by atoms with Crippen LogP contribution in [0.2, 0.25) is 0 Å². The quantitative estimate of drug-likeness (QED) is 0.359. The molecule has 0 aliphatic rings. The van der Waals surface area contributed by atoms with E-state index in [2.05, 4.69) is 4.74 Å².